The minimum atomic E-state index is -4.90. The molecule has 1 unspecified atom stereocenters. The van der Waals surface area contributed by atoms with E-state index in [1.165, 1.54) is 0 Å². The largest absolute Gasteiger partial charge is 0.435 e. The monoisotopic (exact) mass is 449 g/mol. The van der Waals surface area contributed by atoms with Crippen LogP contribution in [0, 0.1) is 5.82 Å². The van der Waals surface area contributed by atoms with Crippen molar-refractivity contribution in [3.8, 4) is 5.69 Å². The first-order valence-corrected chi connectivity index (χ1v) is 10.1. The van der Waals surface area contributed by atoms with E-state index in [1.807, 2.05) is 44.2 Å². The number of rotatable bonds is 8. The molecule has 2 aromatic carbocycles. The Morgan fingerprint density at radius 2 is 1.69 bits per heavy atom. The van der Waals surface area contributed by atoms with Crippen LogP contribution in [-0.4, -0.2) is 45.4 Å². The van der Waals surface area contributed by atoms with Gasteiger partial charge in [-0.3, -0.25) is 9.69 Å². The number of likely N-dealkylation sites (N-methyl/N-ethyl adjacent to an activating group) is 1. The summed E-state index contributed by atoms with van der Waals surface area (Å²) in [4.78, 5) is 14.8. The molecule has 0 spiro atoms. The molecule has 0 saturated heterocycles. The van der Waals surface area contributed by atoms with Gasteiger partial charge in [-0.2, -0.15) is 13.2 Å². The van der Waals surface area contributed by atoms with Crippen molar-refractivity contribution in [2.24, 2.45) is 0 Å². The van der Waals surface area contributed by atoms with Crippen molar-refractivity contribution in [1.29, 1.82) is 0 Å². The van der Waals surface area contributed by atoms with Crippen molar-refractivity contribution in [2.75, 3.05) is 19.6 Å². The van der Waals surface area contributed by atoms with Crippen LogP contribution in [0.15, 0.2) is 54.6 Å². The van der Waals surface area contributed by atoms with Crippen LogP contribution >= 0.6 is 0 Å². The number of hydrogen-bond donors (Lipinski definition) is 1. The van der Waals surface area contributed by atoms with E-state index in [9.17, 15) is 22.4 Å². The lowest BCUT2D eigenvalue weighted by atomic mass is 10.0. The second kappa shape index (κ2) is 9.90. The molecular formula is C22H23F4N5O. The Hall–Kier alpha value is -3.27. The highest BCUT2D eigenvalue weighted by molar-refractivity contribution is 5.93. The van der Waals surface area contributed by atoms with E-state index in [0.29, 0.717) is 17.8 Å². The summed E-state index contributed by atoms with van der Waals surface area (Å²) in [6.07, 6.45) is -4.90. The number of benzene rings is 2. The molecule has 1 atom stereocenters. The molecule has 0 bridgehead atoms. The molecule has 1 N–H and O–H groups in total. The van der Waals surface area contributed by atoms with E-state index in [2.05, 4.69) is 20.5 Å². The summed E-state index contributed by atoms with van der Waals surface area (Å²) in [6, 6.07) is 13.5. The van der Waals surface area contributed by atoms with E-state index in [0.717, 1.165) is 29.8 Å². The smallest absolute Gasteiger partial charge is 0.349 e. The van der Waals surface area contributed by atoms with Gasteiger partial charge in [0.25, 0.3) is 5.91 Å². The maximum absolute atomic E-state index is 13.8. The molecule has 10 heteroatoms. The van der Waals surface area contributed by atoms with Crippen LogP contribution in [0.4, 0.5) is 17.6 Å². The minimum Gasteiger partial charge on any atom is -0.349 e. The third kappa shape index (κ3) is 5.13. The Morgan fingerprint density at radius 1 is 1.06 bits per heavy atom. The predicted octanol–water partition coefficient (Wildman–Crippen LogP) is 4.24. The maximum Gasteiger partial charge on any atom is 0.435 e. The number of alkyl halides is 3. The molecule has 1 amide bonds. The van der Waals surface area contributed by atoms with Crippen molar-refractivity contribution < 1.29 is 22.4 Å². The molecule has 6 nitrogen and oxygen atoms in total. The fourth-order valence-corrected chi connectivity index (χ4v) is 3.52. The maximum atomic E-state index is 13.8. The quantitative estimate of drug-likeness (QED) is 0.523. The van der Waals surface area contributed by atoms with E-state index in [4.69, 9.17) is 0 Å². The van der Waals surface area contributed by atoms with Crippen molar-refractivity contribution >= 4 is 5.91 Å². The summed E-state index contributed by atoms with van der Waals surface area (Å²) in [6.45, 7) is 5.42. The third-order valence-electron chi connectivity index (χ3n) is 5.12. The van der Waals surface area contributed by atoms with Crippen LogP contribution < -0.4 is 5.32 Å². The SMILES string of the molecule is CCN(CC)C(CNC(=O)c1nnn(-c2ccc(F)cc2)c1C(F)(F)F)c1ccccc1. The van der Waals surface area contributed by atoms with Crippen molar-refractivity contribution in [3.63, 3.8) is 0 Å². The standard InChI is InChI=1S/C22H23F4N5O/c1-3-30(4-2)18(15-8-6-5-7-9-15)14-27-21(32)19-20(22(24,25)26)31(29-28-19)17-12-10-16(23)11-13-17/h5-13,18H,3-4,14H2,1-2H3,(H,27,32). The van der Waals surface area contributed by atoms with Gasteiger partial charge in [0.05, 0.1) is 11.7 Å². The van der Waals surface area contributed by atoms with Gasteiger partial charge in [0.15, 0.2) is 11.4 Å². The zero-order valence-electron chi connectivity index (χ0n) is 17.6. The fraction of sp³-hybridized carbons (Fsp3) is 0.318. The van der Waals surface area contributed by atoms with Gasteiger partial charge < -0.3 is 5.32 Å². The van der Waals surface area contributed by atoms with Crippen molar-refractivity contribution in [2.45, 2.75) is 26.1 Å². The molecule has 0 aliphatic carbocycles. The predicted molar refractivity (Wildman–Crippen MR) is 111 cm³/mol. The highest BCUT2D eigenvalue weighted by atomic mass is 19.4. The molecule has 0 fully saturated rings. The van der Waals surface area contributed by atoms with Crippen LogP contribution in [-0.2, 0) is 6.18 Å². The number of halogens is 4. The number of hydrogen-bond acceptors (Lipinski definition) is 4. The van der Waals surface area contributed by atoms with E-state index >= 15 is 0 Å². The Labute approximate surface area is 182 Å². The van der Waals surface area contributed by atoms with Crippen LogP contribution in [0.1, 0.15) is 41.6 Å². The normalized spacial score (nSPS) is 12.7. The summed E-state index contributed by atoms with van der Waals surface area (Å²) in [5.74, 6) is -1.59. The van der Waals surface area contributed by atoms with Crippen molar-refractivity contribution in [1.82, 2.24) is 25.2 Å². The molecule has 3 aromatic rings. The third-order valence-corrected chi connectivity index (χ3v) is 5.12. The Bertz CT molecular complexity index is 1030. The number of amides is 1. The van der Waals surface area contributed by atoms with Crippen molar-refractivity contribution in [3.05, 3.63) is 77.4 Å². The van der Waals surface area contributed by atoms with E-state index in [1.54, 1.807) is 0 Å². The summed E-state index contributed by atoms with van der Waals surface area (Å²) in [5.41, 5.74) is -1.29. The van der Waals surface area contributed by atoms with Gasteiger partial charge in [-0.15, -0.1) is 5.10 Å². The first-order chi connectivity index (χ1) is 15.3. The van der Waals surface area contributed by atoms with Gasteiger partial charge in [-0.1, -0.05) is 49.4 Å². The summed E-state index contributed by atoms with van der Waals surface area (Å²) in [7, 11) is 0. The molecule has 0 radical (unpaired) electrons. The second-order valence-corrected chi connectivity index (χ2v) is 7.03. The molecule has 0 aliphatic rings. The number of nitrogens with zero attached hydrogens (tertiary/aromatic N) is 4. The molecule has 1 aromatic heterocycles. The Balaban J connectivity index is 1.89. The molecular weight excluding hydrogens is 426 g/mol. The van der Waals surface area contributed by atoms with Gasteiger partial charge in [-0.25, -0.2) is 9.07 Å². The van der Waals surface area contributed by atoms with Crippen LogP contribution in [0.25, 0.3) is 5.69 Å². The number of nitrogens with one attached hydrogen (secondary N) is 1. The average Bonchev–Trinajstić information content (AvgIpc) is 3.23. The highest BCUT2D eigenvalue weighted by Gasteiger charge is 2.42. The first kappa shape index (κ1) is 23.4. The summed E-state index contributed by atoms with van der Waals surface area (Å²) >= 11 is 0. The average molecular weight is 449 g/mol. The molecule has 170 valence electrons. The lowest BCUT2D eigenvalue weighted by molar-refractivity contribution is -0.143. The molecule has 3 rings (SSSR count). The van der Waals surface area contributed by atoms with Gasteiger partial charge >= 0.3 is 6.18 Å². The Morgan fingerprint density at radius 3 is 2.25 bits per heavy atom. The van der Waals surface area contributed by atoms with Gasteiger partial charge in [0.2, 0.25) is 0 Å². The van der Waals surface area contributed by atoms with Gasteiger partial charge in [0.1, 0.15) is 5.82 Å². The molecule has 0 aliphatic heterocycles. The zero-order chi connectivity index (χ0) is 23.3. The molecule has 0 saturated carbocycles. The highest BCUT2D eigenvalue weighted by Crippen LogP contribution is 2.33. The number of aromatic nitrogens is 3. The minimum absolute atomic E-state index is 0.0596. The lowest BCUT2D eigenvalue weighted by Crippen LogP contribution is -2.38. The van der Waals surface area contributed by atoms with E-state index < -0.39 is 29.3 Å². The molecule has 1 heterocycles. The topological polar surface area (TPSA) is 63.1 Å². The Kier molecular flexibility index (Phi) is 7.24. The van der Waals surface area contributed by atoms with E-state index in [-0.39, 0.29) is 18.3 Å². The number of carbonyl (C=O) groups is 1. The van der Waals surface area contributed by atoms with Gasteiger partial charge in [-0.05, 0) is 42.9 Å². The first-order valence-electron chi connectivity index (χ1n) is 10.1. The summed E-state index contributed by atoms with van der Waals surface area (Å²) < 4.78 is 55.1. The second-order valence-electron chi connectivity index (χ2n) is 7.03. The fourth-order valence-electron chi connectivity index (χ4n) is 3.52. The van der Waals surface area contributed by atoms with Crippen LogP contribution in [0.5, 0.6) is 0 Å². The van der Waals surface area contributed by atoms with Crippen LogP contribution in [0.3, 0.4) is 0 Å². The van der Waals surface area contributed by atoms with Crippen LogP contribution in [0.2, 0.25) is 0 Å². The zero-order valence-corrected chi connectivity index (χ0v) is 17.6. The molecule has 32 heavy (non-hydrogen) atoms. The summed E-state index contributed by atoms with van der Waals surface area (Å²) in [5, 5.41) is 9.58. The lowest BCUT2D eigenvalue weighted by Gasteiger charge is -2.30. The number of carbonyl (C=O) groups excluding carboxylic acids is 1. The van der Waals surface area contributed by atoms with Gasteiger partial charge in [0, 0.05) is 6.54 Å².